The molecule has 0 saturated heterocycles. The third-order valence-corrected chi connectivity index (χ3v) is 2.02. The fourth-order valence-electron chi connectivity index (χ4n) is 1.22. The standard InChI is InChI=1S/C12H7F2NO2/c13-10-2-1-3-11(14)12(10)17-9-5-4-8(7-16)15-6-9/h1-7H. The van der Waals surface area contributed by atoms with E-state index in [4.69, 9.17) is 4.74 Å². The number of rotatable bonds is 3. The summed E-state index contributed by atoms with van der Waals surface area (Å²) in [6, 6.07) is 6.21. The van der Waals surface area contributed by atoms with Gasteiger partial charge in [0, 0.05) is 0 Å². The number of aldehydes is 1. The van der Waals surface area contributed by atoms with Crippen molar-refractivity contribution in [1.29, 1.82) is 0 Å². The van der Waals surface area contributed by atoms with Crippen molar-refractivity contribution in [2.24, 2.45) is 0 Å². The minimum Gasteiger partial charge on any atom is -0.450 e. The second-order valence-electron chi connectivity index (χ2n) is 3.19. The Hall–Kier alpha value is -2.30. The molecule has 1 aromatic carbocycles. The Bertz CT molecular complexity index is 520. The molecule has 2 rings (SSSR count). The van der Waals surface area contributed by atoms with E-state index in [-0.39, 0.29) is 11.4 Å². The lowest BCUT2D eigenvalue weighted by molar-refractivity contribution is 0.111. The average Bonchev–Trinajstić information content (AvgIpc) is 2.35. The van der Waals surface area contributed by atoms with Gasteiger partial charge in [0.2, 0.25) is 0 Å². The number of carbonyl (C=O) groups excluding carboxylic acids is 1. The Labute approximate surface area is 95.7 Å². The smallest absolute Gasteiger partial charge is 0.198 e. The van der Waals surface area contributed by atoms with Crippen molar-refractivity contribution < 1.29 is 18.3 Å². The Morgan fingerprint density at radius 3 is 2.35 bits per heavy atom. The van der Waals surface area contributed by atoms with Crippen LogP contribution in [-0.2, 0) is 0 Å². The first-order chi connectivity index (χ1) is 8.20. The zero-order chi connectivity index (χ0) is 12.3. The Morgan fingerprint density at radius 1 is 1.12 bits per heavy atom. The Balaban J connectivity index is 2.28. The number of ether oxygens (including phenoxy) is 1. The molecule has 1 aromatic heterocycles. The molecule has 0 fully saturated rings. The summed E-state index contributed by atoms with van der Waals surface area (Å²) in [5.74, 6) is -1.94. The lowest BCUT2D eigenvalue weighted by Gasteiger charge is -2.06. The summed E-state index contributed by atoms with van der Waals surface area (Å²) in [7, 11) is 0. The third-order valence-electron chi connectivity index (χ3n) is 2.02. The lowest BCUT2D eigenvalue weighted by atomic mass is 10.3. The highest BCUT2D eigenvalue weighted by atomic mass is 19.1. The first kappa shape index (κ1) is 11.2. The van der Waals surface area contributed by atoms with Gasteiger partial charge in [-0.3, -0.25) is 4.79 Å². The first-order valence-corrected chi connectivity index (χ1v) is 4.74. The molecule has 17 heavy (non-hydrogen) atoms. The van der Waals surface area contributed by atoms with Crippen LogP contribution >= 0.6 is 0 Å². The molecule has 5 heteroatoms. The van der Waals surface area contributed by atoms with Gasteiger partial charge in [0.1, 0.15) is 11.4 Å². The lowest BCUT2D eigenvalue weighted by Crippen LogP contribution is -1.93. The third kappa shape index (κ3) is 2.44. The maximum Gasteiger partial charge on any atom is 0.198 e. The van der Waals surface area contributed by atoms with Crippen molar-refractivity contribution in [1.82, 2.24) is 4.98 Å². The fraction of sp³-hybridized carbons (Fsp3) is 0. The van der Waals surface area contributed by atoms with Gasteiger partial charge in [-0.1, -0.05) is 6.07 Å². The van der Waals surface area contributed by atoms with E-state index in [2.05, 4.69) is 4.98 Å². The Kier molecular flexibility index (Phi) is 3.09. The highest BCUT2D eigenvalue weighted by Gasteiger charge is 2.10. The summed E-state index contributed by atoms with van der Waals surface area (Å²) in [5.41, 5.74) is 0.214. The monoisotopic (exact) mass is 235 g/mol. The van der Waals surface area contributed by atoms with E-state index in [0.717, 1.165) is 12.1 Å². The van der Waals surface area contributed by atoms with Crippen LogP contribution in [0.2, 0.25) is 0 Å². The van der Waals surface area contributed by atoms with Gasteiger partial charge >= 0.3 is 0 Å². The number of hydrogen-bond donors (Lipinski definition) is 0. The number of nitrogens with zero attached hydrogens (tertiary/aromatic N) is 1. The molecule has 0 N–H and O–H groups in total. The molecule has 0 atom stereocenters. The molecule has 0 unspecified atom stereocenters. The van der Waals surface area contributed by atoms with Gasteiger partial charge in [-0.15, -0.1) is 0 Å². The number of hydrogen-bond acceptors (Lipinski definition) is 3. The summed E-state index contributed by atoms with van der Waals surface area (Å²) in [6.45, 7) is 0. The topological polar surface area (TPSA) is 39.2 Å². The molecule has 0 aliphatic heterocycles. The van der Waals surface area contributed by atoms with Crippen LogP contribution in [0, 0.1) is 11.6 Å². The van der Waals surface area contributed by atoms with Crippen molar-refractivity contribution in [3.8, 4) is 11.5 Å². The second kappa shape index (κ2) is 4.69. The maximum atomic E-state index is 13.2. The number of carbonyl (C=O) groups is 1. The molecule has 0 saturated carbocycles. The van der Waals surface area contributed by atoms with Crippen LogP contribution in [0.25, 0.3) is 0 Å². The van der Waals surface area contributed by atoms with Crippen molar-refractivity contribution in [3.05, 3.63) is 53.9 Å². The number of halogens is 2. The van der Waals surface area contributed by atoms with Crippen LogP contribution in [0.15, 0.2) is 36.5 Å². The number of para-hydroxylation sites is 1. The van der Waals surface area contributed by atoms with Crippen LogP contribution in [-0.4, -0.2) is 11.3 Å². The predicted octanol–water partition coefficient (Wildman–Crippen LogP) is 2.96. The first-order valence-electron chi connectivity index (χ1n) is 4.74. The van der Waals surface area contributed by atoms with E-state index < -0.39 is 17.4 Å². The number of aromatic nitrogens is 1. The molecule has 3 nitrogen and oxygen atoms in total. The van der Waals surface area contributed by atoms with Gasteiger partial charge in [-0.2, -0.15) is 0 Å². The van der Waals surface area contributed by atoms with Gasteiger partial charge in [0.25, 0.3) is 0 Å². The van der Waals surface area contributed by atoms with Crippen LogP contribution in [0.1, 0.15) is 10.5 Å². The number of benzene rings is 1. The van der Waals surface area contributed by atoms with Gasteiger partial charge in [0.05, 0.1) is 6.20 Å². The van der Waals surface area contributed by atoms with E-state index in [9.17, 15) is 13.6 Å². The molecule has 1 heterocycles. The van der Waals surface area contributed by atoms with Crippen LogP contribution in [0.5, 0.6) is 11.5 Å². The highest BCUT2D eigenvalue weighted by Crippen LogP contribution is 2.26. The Morgan fingerprint density at radius 2 is 1.82 bits per heavy atom. The van der Waals surface area contributed by atoms with E-state index in [1.807, 2.05) is 0 Å². The largest absolute Gasteiger partial charge is 0.450 e. The molecule has 0 radical (unpaired) electrons. The van der Waals surface area contributed by atoms with Gasteiger partial charge in [-0.05, 0) is 24.3 Å². The molecular weight excluding hydrogens is 228 g/mol. The molecule has 2 aromatic rings. The summed E-state index contributed by atoms with van der Waals surface area (Å²) < 4.78 is 31.5. The van der Waals surface area contributed by atoms with Gasteiger partial charge in [0.15, 0.2) is 23.7 Å². The summed E-state index contributed by atoms with van der Waals surface area (Å²) >= 11 is 0. The van der Waals surface area contributed by atoms with E-state index in [1.54, 1.807) is 0 Å². The highest BCUT2D eigenvalue weighted by molar-refractivity contribution is 5.71. The fourth-order valence-corrected chi connectivity index (χ4v) is 1.22. The van der Waals surface area contributed by atoms with Gasteiger partial charge < -0.3 is 4.74 Å². The van der Waals surface area contributed by atoms with E-state index >= 15 is 0 Å². The normalized spacial score (nSPS) is 10.0. The minimum absolute atomic E-state index is 0.152. The molecule has 0 aliphatic carbocycles. The second-order valence-corrected chi connectivity index (χ2v) is 3.19. The summed E-state index contributed by atoms with van der Waals surface area (Å²) in [6.07, 6.45) is 1.78. The van der Waals surface area contributed by atoms with Crippen molar-refractivity contribution in [3.63, 3.8) is 0 Å². The van der Waals surface area contributed by atoms with Crippen LogP contribution in [0.3, 0.4) is 0 Å². The van der Waals surface area contributed by atoms with Gasteiger partial charge in [-0.25, -0.2) is 13.8 Å². The van der Waals surface area contributed by atoms with Crippen molar-refractivity contribution >= 4 is 6.29 Å². The SMILES string of the molecule is O=Cc1ccc(Oc2c(F)cccc2F)cn1. The maximum absolute atomic E-state index is 13.2. The van der Waals surface area contributed by atoms with E-state index in [0.29, 0.717) is 6.29 Å². The van der Waals surface area contributed by atoms with E-state index in [1.165, 1.54) is 24.4 Å². The number of pyridine rings is 1. The summed E-state index contributed by atoms with van der Waals surface area (Å²) in [5, 5.41) is 0. The molecular formula is C12H7F2NO2. The molecule has 0 spiro atoms. The molecule has 0 bridgehead atoms. The van der Waals surface area contributed by atoms with Crippen LogP contribution < -0.4 is 4.74 Å². The molecule has 0 amide bonds. The predicted molar refractivity (Wildman–Crippen MR) is 56.1 cm³/mol. The average molecular weight is 235 g/mol. The van der Waals surface area contributed by atoms with Crippen molar-refractivity contribution in [2.75, 3.05) is 0 Å². The summed E-state index contributed by atoms with van der Waals surface area (Å²) in [4.78, 5) is 14.1. The zero-order valence-electron chi connectivity index (χ0n) is 8.56. The molecule has 0 aliphatic rings. The van der Waals surface area contributed by atoms with Crippen molar-refractivity contribution in [2.45, 2.75) is 0 Å². The van der Waals surface area contributed by atoms with Crippen LogP contribution in [0.4, 0.5) is 8.78 Å². The molecule has 86 valence electrons. The minimum atomic E-state index is -0.801. The zero-order valence-corrected chi connectivity index (χ0v) is 8.56. The quantitative estimate of drug-likeness (QED) is 0.768.